The first-order chi connectivity index (χ1) is 12.5. The van der Waals surface area contributed by atoms with Crippen LogP contribution in [0.4, 0.5) is 0 Å². The van der Waals surface area contributed by atoms with E-state index < -0.39 is 0 Å². The molecule has 0 unspecified atom stereocenters. The van der Waals surface area contributed by atoms with E-state index in [1.54, 1.807) is 25.2 Å². The fraction of sp³-hybridized carbons (Fsp3) is 0.263. The standard InChI is InChI=1S/C19H22Cl2N4O.HI/c1-3-23-18(26)14-6-4-5-13(9-14)11-24-19(22-2)25-12-15-7-8-16(20)10-17(15)21;/h4-10H,3,11-12H2,1-2H3,(H,23,26)(H2,22,24,25);1H. The van der Waals surface area contributed by atoms with Crippen LogP contribution < -0.4 is 16.0 Å². The summed E-state index contributed by atoms with van der Waals surface area (Å²) in [6.07, 6.45) is 0. The van der Waals surface area contributed by atoms with Gasteiger partial charge in [-0.05, 0) is 42.3 Å². The van der Waals surface area contributed by atoms with Crippen molar-refractivity contribution in [2.45, 2.75) is 20.0 Å². The molecule has 2 aromatic rings. The normalized spacial score (nSPS) is 10.7. The Bertz CT molecular complexity index is 799. The number of carbonyl (C=O) groups is 1. The summed E-state index contributed by atoms with van der Waals surface area (Å²) in [4.78, 5) is 16.1. The zero-order chi connectivity index (χ0) is 18.9. The molecule has 27 heavy (non-hydrogen) atoms. The Labute approximate surface area is 186 Å². The first kappa shape index (κ1) is 23.5. The molecule has 3 N–H and O–H groups in total. The van der Waals surface area contributed by atoms with E-state index in [9.17, 15) is 4.79 Å². The molecular weight excluding hydrogens is 498 g/mol. The summed E-state index contributed by atoms with van der Waals surface area (Å²) < 4.78 is 0. The van der Waals surface area contributed by atoms with Gasteiger partial charge in [0, 0.05) is 42.3 Å². The Balaban J connectivity index is 0.00000364. The Morgan fingerprint density at radius 2 is 1.78 bits per heavy atom. The van der Waals surface area contributed by atoms with Gasteiger partial charge in [-0.15, -0.1) is 24.0 Å². The predicted molar refractivity (Wildman–Crippen MR) is 123 cm³/mol. The van der Waals surface area contributed by atoms with Gasteiger partial charge in [0.1, 0.15) is 0 Å². The Morgan fingerprint density at radius 3 is 2.44 bits per heavy atom. The van der Waals surface area contributed by atoms with E-state index >= 15 is 0 Å². The van der Waals surface area contributed by atoms with Crippen molar-refractivity contribution in [2.24, 2.45) is 4.99 Å². The molecule has 0 radical (unpaired) electrons. The monoisotopic (exact) mass is 520 g/mol. The van der Waals surface area contributed by atoms with E-state index in [-0.39, 0.29) is 29.9 Å². The lowest BCUT2D eigenvalue weighted by atomic mass is 10.1. The molecule has 0 fully saturated rings. The predicted octanol–water partition coefficient (Wildman–Crippen LogP) is 4.23. The number of amides is 1. The fourth-order valence-electron chi connectivity index (χ4n) is 2.34. The lowest BCUT2D eigenvalue weighted by Crippen LogP contribution is -2.36. The zero-order valence-corrected chi connectivity index (χ0v) is 19.0. The van der Waals surface area contributed by atoms with Crippen molar-refractivity contribution in [2.75, 3.05) is 13.6 Å². The fourth-order valence-corrected chi connectivity index (χ4v) is 2.81. The van der Waals surface area contributed by atoms with Gasteiger partial charge >= 0.3 is 0 Å². The summed E-state index contributed by atoms with van der Waals surface area (Å²) in [5.74, 6) is 0.564. The minimum absolute atomic E-state index is 0. The zero-order valence-electron chi connectivity index (χ0n) is 15.2. The molecule has 0 aliphatic rings. The van der Waals surface area contributed by atoms with Crippen molar-refractivity contribution in [3.8, 4) is 0 Å². The largest absolute Gasteiger partial charge is 0.352 e. The third-order valence-electron chi connectivity index (χ3n) is 3.67. The molecule has 5 nitrogen and oxygen atoms in total. The van der Waals surface area contributed by atoms with Gasteiger partial charge in [-0.25, -0.2) is 0 Å². The van der Waals surface area contributed by atoms with Gasteiger partial charge in [-0.3, -0.25) is 9.79 Å². The van der Waals surface area contributed by atoms with Gasteiger partial charge in [-0.1, -0.05) is 41.4 Å². The van der Waals surface area contributed by atoms with Crippen LogP contribution in [-0.2, 0) is 13.1 Å². The minimum atomic E-state index is -0.0748. The van der Waals surface area contributed by atoms with E-state index in [1.165, 1.54) is 0 Å². The maximum absolute atomic E-state index is 11.9. The molecule has 2 aromatic carbocycles. The van der Waals surface area contributed by atoms with E-state index in [1.807, 2.05) is 31.2 Å². The molecule has 2 rings (SSSR count). The molecule has 0 atom stereocenters. The van der Waals surface area contributed by atoms with E-state index in [0.29, 0.717) is 41.2 Å². The Hall–Kier alpha value is -1.51. The highest BCUT2D eigenvalue weighted by Gasteiger charge is 2.06. The maximum Gasteiger partial charge on any atom is 0.251 e. The SMILES string of the molecule is CCNC(=O)c1cccc(CNC(=NC)NCc2ccc(Cl)cc2Cl)c1.I. The molecule has 146 valence electrons. The van der Waals surface area contributed by atoms with Gasteiger partial charge in [0.15, 0.2) is 5.96 Å². The van der Waals surface area contributed by atoms with Crippen molar-refractivity contribution in [3.63, 3.8) is 0 Å². The van der Waals surface area contributed by atoms with Gasteiger partial charge in [0.05, 0.1) is 0 Å². The van der Waals surface area contributed by atoms with Crippen LogP contribution in [0, 0.1) is 0 Å². The van der Waals surface area contributed by atoms with Crippen LogP contribution in [0.3, 0.4) is 0 Å². The van der Waals surface area contributed by atoms with Crippen molar-refractivity contribution in [1.29, 1.82) is 0 Å². The first-order valence-electron chi connectivity index (χ1n) is 8.29. The number of carbonyl (C=O) groups excluding carboxylic acids is 1. The van der Waals surface area contributed by atoms with Crippen LogP contribution in [0.5, 0.6) is 0 Å². The molecule has 0 aromatic heterocycles. The molecule has 0 aliphatic carbocycles. The first-order valence-corrected chi connectivity index (χ1v) is 9.04. The lowest BCUT2D eigenvalue weighted by molar-refractivity contribution is 0.0955. The Morgan fingerprint density at radius 1 is 1.04 bits per heavy atom. The molecule has 1 amide bonds. The summed E-state index contributed by atoms with van der Waals surface area (Å²) in [5, 5.41) is 10.4. The molecule has 0 aliphatic heterocycles. The lowest BCUT2D eigenvalue weighted by Gasteiger charge is -2.13. The van der Waals surface area contributed by atoms with Crippen LogP contribution >= 0.6 is 47.2 Å². The van der Waals surface area contributed by atoms with Crippen LogP contribution in [0.25, 0.3) is 0 Å². The number of nitrogens with zero attached hydrogens (tertiary/aromatic N) is 1. The number of nitrogens with one attached hydrogen (secondary N) is 3. The van der Waals surface area contributed by atoms with Crippen LogP contribution in [0.15, 0.2) is 47.5 Å². The topological polar surface area (TPSA) is 65.5 Å². The van der Waals surface area contributed by atoms with Gasteiger partial charge in [0.2, 0.25) is 0 Å². The van der Waals surface area contributed by atoms with Gasteiger partial charge < -0.3 is 16.0 Å². The second-order valence-corrected chi connectivity index (χ2v) is 6.42. The van der Waals surface area contributed by atoms with Crippen molar-refractivity contribution in [3.05, 3.63) is 69.2 Å². The number of hydrogen-bond donors (Lipinski definition) is 3. The molecule has 0 spiro atoms. The minimum Gasteiger partial charge on any atom is -0.352 e. The number of aliphatic imine (C=N–C) groups is 1. The second kappa shape index (κ2) is 12.0. The molecule has 0 saturated heterocycles. The maximum atomic E-state index is 11.9. The van der Waals surface area contributed by atoms with Crippen molar-refractivity contribution >= 4 is 59.0 Å². The second-order valence-electron chi connectivity index (χ2n) is 5.57. The highest BCUT2D eigenvalue weighted by molar-refractivity contribution is 14.0. The average Bonchev–Trinajstić information content (AvgIpc) is 2.63. The van der Waals surface area contributed by atoms with Gasteiger partial charge in [-0.2, -0.15) is 0 Å². The van der Waals surface area contributed by atoms with E-state index in [2.05, 4.69) is 20.9 Å². The smallest absolute Gasteiger partial charge is 0.251 e. The molecule has 0 saturated carbocycles. The number of hydrogen-bond acceptors (Lipinski definition) is 2. The highest BCUT2D eigenvalue weighted by Crippen LogP contribution is 2.20. The summed E-state index contributed by atoms with van der Waals surface area (Å²) in [6.45, 7) is 3.56. The summed E-state index contributed by atoms with van der Waals surface area (Å²) in [6, 6.07) is 12.9. The van der Waals surface area contributed by atoms with Gasteiger partial charge in [0.25, 0.3) is 5.91 Å². The molecule has 0 bridgehead atoms. The number of rotatable bonds is 6. The van der Waals surface area contributed by atoms with E-state index in [0.717, 1.165) is 11.1 Å². The highest BCUT2D eigenvalue weighted by atomic mass is 127. The van der Waals surface area contributed by atoms with Crippen molar-refractivity contribution in [1.82, 2.24) is 16.0 Å². The molecule has 0 heterocycles. The third kappa shape index (κ3) is 7.56. The molecule has 8 heteroatoms. The summed E-state index contributed by atoms with van der Waals surface area (Å²) in [7, 11) is 1.70. The average molecular weight is 521 g/mol. The number of benzene rings is 2. The van der Waals surface area contributed by atoms with E-state index in [4.69, 9.17) is 23.2 Å². The Kier molecular flexibility index (Phi) is 10.5. The molecular formula is C19H23Cl2IN4O. The number of halogens is 3. The van der Waals surface area contributed by atoms with Crippen LogP contribution in [0.1, 0.15) is 28.4 Å². The summed E-state index contributed by atoms with van der Waals surface area (Å²) >= 11 is 12.1. The number of guanidine groups is 1. The van der Waals surface area contributed by atoms with Crippen LogP contribution in [0.2, 0.25) is 10.0 Å². The van der Waals surface area contributed by atoms with Crippen molar-refractivity contribution < 1.29 is 4.79 Å². The van der Waals surface area contributed by atoms with Crippen LogP contribution in [-0.4, -0.2) is 25.5 Å². The quantitative estimate of drug-likeness (QED) is 0.303. The summed E-state index contributed by atoms with van der Waals surface area (Å²) in [5.41, 5.74) is 2.56. The third-order valence-corrected chi connectivity index (χ3v) is 4.26.